The SMILES string of the molecule is CN(C)CCN(C)C(=O)CC1CNc2ccccc21. The molecule has 1 aliphatic heterocycles. The maximum atomic E-state index is 12.2. The van der Waals surface area contributed by atoms with Gasteiger partial charge in [-0.2, -0.15) is 0 Å². The van der Waals surface area contributed by atoms with Crippen LogP contribution in [0.1, 0.15) is 17.9 Å². The molecule has 1 atom stereocenters. The number of benzene rings is 1. The first-order valence-electron chi connectivity index (χ1n) is 6.79. The first kappa shape index (κ1) is 13.9. The standard InChI is InChI=1S/C15H23N3O/c1-17(2)8-9-18(3)15(19)10-12-11-16-14-7-5-4-6-13(12)14/h4-7,12,16H,8-11H2,1-3H3. The van der Waals surface area contributed by atoms with E-state index in [4.69, 9.17) is 0 Å². The van der Waals surface area contributed by atoms with Gasteiger partial charge in [-0.05, 0) is 25.7 Å². The summed E-state index contributed by atoms with van der Waals surface area (Å²) in [7, 11) is 5.94. The summed E-state index contributed by atoms with van der Waals surface area (Å²) in [6.45, 7) is 2.56. The van der Waals surface area contributed by atoms with Gasteiger partial charge in [0.25, 0.3) is 0 Å². The van der Waals surface area contributed by atoms with E-state index in [1.807, 2.05) is 38.2 Å². The van der Waals surface area contributed by atoms with Crippen LogP contribution in [-0.2, 0) is 4.79 Å². The Hall–Kier alpha value is -1.55. The summed E-state index contributed by atoms with van der Waals surface area (Å²) >= 11 is 0. The minimum Gasteiger partial charge on any atom is -0.384 e. The summed E-state index contributed by atoms with van der Waals surface area (Å²) in [5.74, 6) is 0.538. The van der Waals surface area contributed by atoms with Crippen LogP contribution in [0.15, 0.2) is 24.3 Å². The number of nitrogens with one attached hydrogen (secondary N) is 1. The van der Waals surface area contributed by atoms with Crippen molar-refractivity contribution in [2.75, 3.05) is 46.1 Å². The van der Waals surface area contributed by atoms with E-state index in [-0.39, 0.29) is 5.91 Å². The van der Waals surface area contributed by atoms with Crippen molar-refractivity contribution >= 4 is 11.6 Å². The van der Waals surface area contributed by atoms with Crippen LogP contribution in [0.4, 0.5) is 5.69 Å². The van der Waals surface area contributed by atoms with E-state index in [9.17, 15) is 4.79 Å². The van der Waals surface area contributed by atoms with Crippen LogP contribution < -0.4 is 5.32 Å². The van der Waals surface area contributed by atoms with E-state index in [0.29, 0.717) is 12.3 Å². The monoisotopic (exact) mass is 261 g/mol. The molecular weight excluding hydrogens is 238 g/mol. The van der Waals surface area contributed by atoms with Crippen molar-refractivity contribution in [2.24, 2.45) is 0 Å². The molecule has 0 aliphatic carbocycles. The van der Waals surface area contributed by atoms with Crippen LogP contribution in [0.2, 0.25) is 0 Å². The number of anilines is 1. The Morgan fingerprint density at radius 1 is 1.26 bits per heavy atom. The summed E-state index contributed by atoms with van der Waals surface area (Å²) in [5.41, 5.74) is 2.45. The Labute approximate surface area is 115 Å². The second-order valence-electron chi connectivity index (χ2n) is 5.49. The zero-order chi connectivity index (χ0) is 13.8. The molecule has 1 unspecified atom stereocenters. The van der Waals surface area contributed by atoms with Crippen LogP contribution in [-0.4, -0.2) is 56.5 Å². The third kappa shape index (κ3) is 3.47. The van der Waals surface area contributed by atoms with Crippen LogP contribution >= 0.6 is 0 Å². The summed E-state index contributed by atoms with van der Waals surface area (Å²) < 4.78 is 0. The lowest BCUT2D eigenvalue weighted by Gasteiger charge is -2.21. The number of fused-ring (bicyclic) bond motifs is 1. The molecule has 0 bridgehead atoms. The van der Waals surface area contributed by atoms with Crippen LogP contribution in [0.5, 0.6) is 0 Å². The average molecular weight is 261 g/mol. The highest BCUT2D eigenvalue weighted by molar-refractivity contribution is 5.78. The van der Waals surface area contributed by atoms with Crippen molar-refractivity contribution in [1.29, 1.82) is 0 Å². The average Bonchev–Trinajstić information content (AvgIpc) is 2.79. The normalized spacial score (nSPS) is 17.2. The quantitative estimate of drug-likeness (QED) is 0.874. The lowest BCUT2D eigenvalue weighted by molar-refractivity contribution is -0.130. The van der Waals surface area contributed by atoms with E-state index in [1.165, 1.54) is 11.3 Å². The van der Waals surface area contributed by atoms with Crippen molar-refractivity contribution < 1.29 is 4.79 Å². The summed E-state index contributed by atoms with van der Waals surface area (Å²) in [6, 6.07) is 8.26. The predicted octanol–water partition coefficient (Wildman–Crippen LogP) is 1.61. The van der Waals surface area contributed by atoms with Crippen LogP contribution in [0.3, 0.4) is 0 Å². The van der Waals surface area contributed by atoms with Crippen molar-refractivity contribution in [1.82, 2.24) is 9.80 Å². The van der Waals surface area contributed by atoms with Gasteiger partial charge in [-0.25, -0.2) is 0 Å². The smallest absolute Gasteiger partial charge is 0.223 e. The lowest BCUT2D eigenvalue weighted by atomic mass is 9.97. The van der Waals surface area contributed by atoms with Gasteiger partial charge in [-0.1, -0.05) is 18.2 Å². The van der Waals surface area contributed by atoms with Gasteiger partial charge in [-0.3, -0.25) is 4.79 Å². The molecule has 1 N–H and O–H groups in total. The molecule has 104 valence electrons. The zero-order valence-corrected chi connectivity index (χ0v) is 12.0. The Morgan fingerprint density at radius 3 is 2.74 bits per heavy atom. The number of para-hydroxylation sites is 1. The van der Waals surface area contributed by atoms with E-state index >= 15 is 0 Å². The highest BCUT2D eigenvalue weighted by Gasteiger charge is 2.25. The van der Waals surface area contributed by atoms with Gasteiger partial charge in [0.05, 0.1) is 0 Å². The number of amides is 1. The molecule has 2 rings (SSSR count). The number of hydrogen-bond donors (Lipinski definition) is 1. The third-order valence-corrected chi connectivity index (χ3v) is 3.67. The topological polar surface area (TPSA) is 35.6 Å². The molecule has 19 heavy (non-hydrogen) atoms. The second kappa shape index (κ2) is 6.06. The van der Waals surface area contributed by atoms with E-state index < -0.39 is 0 Å². The van der Waals surface area contributed by atoms with Gasteiger partial charge in [0.1, 0.15) is 0 Å². The minimum absolute atomic E-state index is 0.227. The van der Waals surface area contributed by atoms with Crippen molar-refractivity contribution in [3.05, 3.63) is 29.8 Å². The van der Waals surface area contributed by atoms with Crippen molar-refractivity contribution in [3.8, 4) is 0 Å². The molecule has 4 nitrogen and oxygen atoms in total. The van der Waals surface area contributed by atoms with Crippen LogP contribution in [0.25, 0.3) is 0 Å². The fraction of sp³-hybridized carbons (Fsp3) is 0.533. The first-order chi connectivity index (χ1) is 9.08. The molecule has 1 aromatic carbocycles. The summed E-state index contributed by atoms with van der Waals surface area (Å²) in [6.07, 6.45) is 0.591. The van der Waals surface area contributed by atoms with E-state index in [1.54, 1.807) is 0 Å². The zero-order valence-electron chi connectivity index (χ0n) is 12.0. The molecule has 0 radical (unpaired) electrons. The Bertz CT molecular complexity index is 445. The highest BCUT2D eigenvalue weighted by Crippen LogP contribution is 2.33. The summed E-state index contributed by atoms with van der Waals surface area (Å²) in [4.78, 5) is 16.1. The number of carbonyl (C=O) groups excluding carboxylic acids is 1. The number of rotatable bonds is 5. The second-order valence-corrected chi connectivity index (χ2v) is 5.49. The van der Waals surface area contributed by atoms with Crippen molar-refractivity contribution in [2.45, 2.75) is 12.3 Å². The van der Waals surface area contributed by atoms with Gasteiger partial charge in [0.15, 0.2) is 0 Å². The third-order valence-electron chi connectivity index (χ3n) is 3.67. The molecule has 0 spiro atoms. The highest BCUT2D eigenvalue weighted by atomic mass is 16.2. The Kier molecular flexibility index (Phi) is 4.43. The number of hydrogen-bond acceptors (Lipinski definition) is 3. The van der Waals surface area contributed by atoms with Gasteiger partial charge in [-0.15, -0.1) is 0 Å². The fourth-order valence-electron chi connectivity index (χ4n) is 2.38. The molecule has 1 amide bonds. The van der Waals surface area contributed by atoms with E-state index in [2.05, 4.69) is 22.3 Å². The van der Waals surface area contributed by atoms with Crippen molar-refractivity contribution in [3.63, 3.8) is 0 Å². The molecule has 0 aromatic heterocycles. The Balaban J connectivity index is 1.90. The lowest BCUT2D eigenvalue weighted by Crippen LogP contribution is -2.34. The largest absolute Gasteiger partial charge is 0.384 e. The Morgan fingerprint density at radius 2 is 2.00 bits per heavy atom. The molecule has 1 aliphatic rings. The minimum atomic E-state index is 0.227. The number of carbonyl (C=O) groups is 1. The van der Waals surface area contributed by atoms with Gasteiger partial charge in [0.2, 0.25) is 5.91 Å². The molecule has 4 heteroatoms. The maximum absolute atomic E-state index is 12.2. The van der Waals surface area contributed by atoms with E-state index in [0.717, 1.165) is 19.6 Å². The van der Waals surface area contributed by atoms with Gasteiger partial charge in [0, 0.05) is 44.7 Å². The number of nitrogens with zero attached hydrogens (tertiary/aromatic N) is 2. The summed E-state index contributed by atoms with van der Waals surface area (Å²) in [5, 5.41) is 3.37. The fourth-order valence-corrected chi connectivity index (χ4v) is 2.38. The number of likely N-dealkylation sites (N-methyl/N-ethyl adjacent to an activating group) is 2. The molecule has 1 heterocycles. The maximum Gasteiger partial charge on any atom is 0.223 e. The van der Waals surface area contributed by atoms with Gasteiger partial charge < -0.3 is 15.1 Å². The van der Waals surface area contributed by atoms with Crippen LogP contribution in [0, 0.1) is 0 Å². The first-order valence-corrected chi connectivity index (χ1v) is 6.79. The molecule has 0 saturated heterocycles. The molecule has 1 aromatic rings. The molecular formula is C15H23N3O. The predicted molar refractivity (Wildman–Crippen MR) is 78.5 cm³/mol. The van der Waals surface area contributed by atoms with Gasteiger partial charge >= 0.3 is 0 Å². The molecule has 0 saturated carbocycles. The molecule has 0 fully saturated rings.